The number of allylic oxidation sites excluding steroid dienone is 6. The number of amides is 2. The summed E-state index contributed by atoms with van der Waals surface area (Å²) in [7, 11) is 0. The Kier molecular flexibility index (Phi) is 6.09. The summed E-state index contributed by atoms with van der Waals surface area (Å²) in [6.07, 6.45) is 3.78. The van der Waals surface area contributed by atoms with Crippen LogP contribution < -0.4 is 4.90 Å². The van der Waals surface area contributed by atoms with E-state index < -0.39 is 23.7 Å². The third kappa shape index (κ3) is 4.09. The van der Waals surface area contributed by atoms with Crippen LogP contribution in [0.3, 0.4) is 0 Å². The van der Waals surface area contributed by atoms with E-state index in [9.17, 15) is 24.3 Å². The molecule has 0 unspecified atom stereocenters. The Hall–Kier alpha value is -5.08. The lowest BCUT2D eigenvalue weighted by atomic mass is 9.59. The van der Waals surface area contributed by atoms with Gasteiger partial charge in [0.25, 0.3) is 0 Å². The van der Waals surface area contributed by atoms with E-state index in [1.165, 1.54) is 23.1 Å². The van der Waals surface area contributed by atoms with Crippen molar-refractivity contribution in [3.8, 4) is 17.2 Å². The van der Waals surface area contributed by atoms with Crippen molar-refractivity contribution in [2.75, 3.05) is 4.90 Å². The number of aromatic hydroxyl groups is 1. The van der Waals surface area contributed by atoms with Crippen LogP contribution in [-0.4, -0.2) is 33.5 Å². The summed E-state index contributed by atoms with van der Waals surface area (Å²) in [6, 6.07) is 19.0. The Morgan fingerprint density at radius 3 is 2.49 bits per heavy atom. The summed E-state index contributed by atoms with van der Waals surface area (Å²) >= 11 is 6.62. The number of hydrogen-bond donors (Lipinski definition) is 1. The van der Waals surface area contributed by atoms with Gasteiger partial charge in [0.15, 0.2) is 17.1 Å². The van der Waals surface area contributed by atoms with Crippen molar-refractivity contribution >= 4 is 51.8 Å². The molecule has 45 heavy (non-hydrogen) atoms. The topological polar surface area (TPSA) is 118 Å². The van der Waals surface area contributed by atoms with Crippen molar-refractivity contribution in [1.82, 2.24) is 4.98 Å². The fourth-order valence-corrected chi connectivity index (χ4v) is 7.77. The number of para-hydroxylation sites is 2. The first kappa shape index (κ1) is 27.5. The average Bonchev–Trinajstić information content (AvgIpc) is 3.58. The molecular weight excluding hydrogens is 592 g/mol. The molecule has 0 bridgehead atoms. The molecule has 1 aromatic heterocycles. The summed E-state index contributed by atoms with van der Waals surface area (Å²) in [5, 5.41) is 10.3. The van der Waals surface area contributed by atoms with Gasteiger partial charge in [0.1, 0.15) is 11.3 Å². The number of oxazole rings is 1. The van der Waals surface area contributed by atoms with Crippen LogP contribution in [0.5, 0.6) is 5.75 Å². The molecule has 0 radical (unpaired) electrons. The van der Waals surface area contributed by atoms with Crippen molar-refractivity contribution in [2.45, 2.75) is 25.7 Å². The van der Waals surface area contributed by atoms with Gasteiger partial charge in [0.2, 0.25) is 17.7 Å². The molecule has 8 nitrogen and oxygen atoms in total. The van der Waals surface area contributed by atoms with Crippen LogP contribution in [0.1, 0.15) is 31.2 Å². The van der Waals surface area contributed by atoms with Gasteiger partial charge in [-0.15, -0.1) is 0 Å². The van der Waals surface area contributed by atoms with Crippen molar-refractivity contribution < 1.29 is 28.7 Å². The first-order valence-electron chi connectivity index (χ1n) is 14.7. The summed E-state index contributed by atoms with van der Waals surface area (Å²) in [5.74, 6) is -3.22. The molecule has 1 fully saturated rings. The zero-order chi connectivity index (χ0) is 31.1. The molecule has 1 aliphatic heterocycles. The van der Waals surface area contributed by atoms with Gasteiger partial charge in [-0.1, -0.05) is 41.4 Å². The zero-order valence-electron chi connectivity index (χ0n) is 24.0. The number of rotatable bonds is 3. The van der Waals surface area contributed by atoms with Gasteiger partial charge >= 0.3 is 0 Å². The molecule has 4 atom stereocenters. The quantitative estimate of drug-likeness (QED) is 0.159. The maximum Gasteiger partial charge on any atom is 0.238 e. The van der Waals surface area contributed by atoms with E-state index >= 15 is 0 Å². The van der Waals surface area contributed by atoms with Crippen LogP contribution in [0.25, 0.3) is 22.6 Å². The number of anilines is 1. The molecule has 1 N–H and O–H groups in total. The molecule has 4 aromatic rings. The third-order valence-corrected chi connectivity index (χ3v) is 9.85. The summed E-state index contributed by atoms with van der Waals surface area (Å²) in [4.78, 5) is 60.7. The van der Waals surface area contributed by atoms with E-state index in [4.69, 9.17) is 16.0 Å². The van der Waals surface area contributed by atoms with Gasteiger partial charge in [-0.2, -0.15) is 0 Å². The number of ketones is 2. The highest BCUT2D eigenvalue weighted by atomic mass is 35.5. The van der Waals surface area contributed by atoms with Crippen LogP contribution in [0.15, 0.2) is 106 Å². The molecule has 0 spiro atoms. The first-order chi connectivity index (χ1) is 21.7. The number of imide groups is 1. The van der Waals surface area contributed by atoms with Gasteiger partial charge in [0, 0.05) is 33.2 Å². The molecule has 8 rings (SSSR count). The molecule has 2 amide bonds. The Labute approximate surface area is 262 Å². The molecule has 2 heterocycles. The highest BCUT2D eigenvalue weighted by Gasteiger charge is 2.56. The van der Waals surface area contributed by atoms with Crippen LogP contribution in [0, 0.1) is 17.8 Å². The van der Waals surface area contributed by atoms with Gasteiger partial charge in [-0.05, 0) is 85.9 Å². The number of phenolic OH excluding ortho intramolecular Hbond substituents is 1. The summed E-state index contributed by atoms with van der Waals surface area (Å²) < 4.78 is 5.88. The van der Waals surface area contributed by atoms with E-state index in [0.29, 0.717) is 51.4 Å². The number of carbonyl (C=O) groups is 4. The Bertz CT molecular complexity index is 2070. The molecule has 9 heteroatoms. The monoisotopic (exact) mass is 616 g/mol. The van der Waals surface area contributed by atoms with Crippen molar-refractivity contribution in [1.29, 1.82) is 0 Å². The van der Waals surface area contributed by atoms with Crippen LogP contribution >= 0.6 is 11.6 Å². The van der Waals surface area contributed by atoms with E-state index in [1.54, 1.807) is 37.3 Å². The number of phenols is 1. The van der Waals surface area contributed by atoms with E-state index in [2.05, 4.69) is 4.98 Å². The lowest BCUT2D eigenvalue weighted by Crippen LogP contribution is -2.39. The molecule has 0 saturated carbocycles. The summed E-state index contributed by atoms with van der Waals surface area (Å²) in [5.41, 5.74) is 4.95. The molecule has 222 valence electrons. The second-order valence-electron chi connectivity index (χ2n) is 12.0. The van der Waals surface area contributed by atoms with Gasteiger partial charge < -0.3 is 9.52 Å². The number of aromatic nitrogens is 1. The maximum atomic E-state index is 14.2. The maximum absolute atomic E-state index is 14.2. The predicted molar refractivity (Wildman–Crippen MR) is 166 cm³/mol. The molecule has 3 aromatic carbocycles. The fraction of sp³-hybridized carbons (Fsp3) is 0.194. The largest absolute Gasteiger partial charge is 0.508 e. The van der Waals surface area contributed by atoms with Crippen molar-refractivity contribution in [3.63, 3.8) is 0 Å². The van der Waals surface area contributed by atoms with E-state index in [-0.39, 0.29) is 40.6 Å². The minimum atomic E-state index is -0.712. The number of halogens is 1. The van der Waals surface area contributed by atoms with E-state index in [1.807, 2.05) is 30.3 Å². The zero-order valence-corrected chi connectivity index (χ0v) is 24.7. The molecular formula is C36H25ClN2O6. The number of hydrogen-bond acceptors (Lipinski definition) is 7. The fourth-order valence-electron chi connectivity index (χ4n) is 7.49. The first-order valence-corrected chi connectivity index (χ1v) is 15.1. The van der Waals surface area contributed by atoms with Gasteiger partial charge in [0.05, 0.1) is 17.5 Å². The number of nitrogens with zero attached hydrogens (tertiary/aromatic N) is 2. The van der Waals surface area contributed by atoms with Crippen LogP contribution in [0.2, 0.25) is 5.02 Å². The third-order valence-electron chi connectivity index (χ3n) is 9.52. The highest BCUT2D eigenvalue weighted by molar-refractivity contribution is 6.32. The second-order valence-corrected chi connectivity index (χ2v) is 12.4. The van der Waals surface area contributed by atoms with Crippen LogP contribution in [-0.2, 0) is 19.2 Å². The Morgan fingerprint density at radius 2 is 1.73 bits per heavy atom. The smallest absolute Gasteiger partial charge is 0.238 e. The highest BCUT2D eigenvalue weighted by Crippen LogP contribution is 2.56. The number of fused-ring (bicyclic) bond motifs is 4. The van der Waals surface area contributed by atoms with Crippen LogP contribution in [0.4, 0.5) is 5.69 Å². The van der Waals surface area contributed by atoms with E-state index in [0.717, 1.165) is 11.1 Å². The standard InChI is InChI=1S/C36H25ClN2O6/c1-17-14-28(41)32-25(33(17)42)16-24-21(30(32)22-11-10-20(40)15-26(22)37)12-13-23-31(24)36(44)39(35(23)43)19-8-6-18(7-9-19)34-38-27-4-2-3-5-29(27)45-34/h2-12,14-15,23-24,30-31,40H,13,16H2,1H3/t23-,24+,30+,31-/m0/s1. The summed E-state index contributed by atoms with van der Waals surface area (Å²) in [6.45, 7) is 1.61. The second kappa shape index (κ2) is 9.97. The lowest BCUT2D eigenvalue weighted by molar-refractivity contribution is -0.123. The molecule has 4 aliphatic rings. The number of Topliss-reactive ketones (excluding diaryl/α,β-unsaturated/α-hetero) is 1. The Balaban J connectivity index is 1.17. The van der Waals surface area contributed by atoms with Gasteiger partial charge in [-0.3, -0.25) is 24.1 Å². The van der Waals surface area contributed by atoms with Crippen molar-refractivity contribution in [3.05, 3.63) is 112 Å². The average molecular weight is 617 g/mol. The minimum Gasteiger partial charge on any atom is -0.508 e. The number of carbonyl (C=O) groups excluding carboxylic acids is 4. The molecule has 3 aliphatic carbocycles. The minimum absolute atomic E-state index is 0.0286. The Morgan fingerprint density at radius 1 is 0.956 bits per heavy atom. The van der Waals surface area contributed by atoms with Crippen molar-refractivity contribution in [2.24, 2.45) is 17.8 Å². The SMILES string of the molecule is CC1=CC(=O)C2=C(C[C@@H]3C(=CC[C@@H]4C(=O)N(c5ccc(-c6nc7ccccc7o6)cc5)C(=O)[C@@H]43)[C@@H]2c2ccc(O)cc2Cl)C1=O. The normalized spacial score (nSPS) is 24.4. The predicted octanol–water partition coefficient (Wildman–Crippen LogP) is 6.49. The van der Waals surface area contributed by atoms with Gasteiger partial charge in [-0.25, -0.2) is 4.98 Å². The molecule has 1 saturated heterocycles. The number of benzene rings is 3. The lowest BCUT2D eigenvalue weighted by Gasteiger charge is -2.42.